The number of piperazine rings is 1. The highest BCUT2D eigenvalue weighted by Gasteiger charge is 2.30. The molecule has 130 valence electrons. The third-order valence-corrected chi connectivity index (χ3v) is 5.90. The molecule has 0 unspecified atom stereocenters. The van der Waals surface area contributed by atoms with E-state index in [-0.39, 0.29) is 10.9 Å². The lowest BCUT2D eigenvalue weighted by Gasteiger charge is -2.33. The van der Waals surface area contributed by atoms with E-state index in [4.69, 9.17) is 0 Å². The predicted octanol–water partition coefficient (Wildman–Crippen LogP) is -0.357. The zero-order valence-corrected chi connectivity index (χ0v) is 14.5. The van der Waals surface area contributed by atoms with Crippen molar-refractivity contribution >= 4 is 15.9 Å². The first-order valence-corrected chi connectivity index (χ1v) is 9.36. The number of rotatable bonds is 7. The number of carbonyl (C=O) groups is 1. The zero-order valence-electron chi connectivity index (χ0n) is 13.7. The van der Waals surface area contributed by atoms with Gasteiger partial charge in [0.25, 0.3) is 10.0 Å². The average Bonchev–Trinajstić information content (AvgIpc) is 2.95. The normalized spacial score (nSPS) is 17.3. The minimum absolute atomic E-state index is 0.00129. The number of aromatic nitrogens is 2. The Labute approximate surface area is 137 Å². The fourth-order valence-corrected chi connectivity index (χ4v) is 4.06. The summed E-state index contributed by atoms with van der Waals surface area (Å²) in [6, 6.07) is 1.50. The third-order valence-electron chi connectivity index (χ3n) is 3.93. The third kappa shape index (κ3) is 4.52. The lowest BCUT2D eigenvalue weighted by atomic mass is 10.3. The molecule has 1 fully saturated rings. The van der Waals surface area contributed by atoms with E-state index in [0.29, 0.717) is 39.3 Å². The molecule has 1 amide bonds. The van der Waals surface area contributed by atoms with Crippen LogP contribution in [0, 0.1) is 0 Å². The molecule has 0 atom stereocenters. The molecule has 1 aromatic heterocycles. The van der Waals surface area contributed by atoms with E-state index in [2.05, 4.69) is 17.3 Å². The second-order valence-corrected chi connectivity index (χ2v) is 7.56. The van der Waals surface area contributed by atoms with Crippen LogP contribution in [0.15, 0.2) is 17.3 Å². The number of carbonyl (C=O) groups excluding carboxylic acids is 1. The van der Waals surface area contributed by atoms with E-state index in [1.54, 1.807) is 7.05 Å². The number of aryl methyl sites for hydroxylation is 1. The molecule has 1 saturated heterocycles. The summed E-state index contributed by atoms with van der Waals surface area (Å²) in [7, 11) is -1.90. The van der Waals surface area contributed by atoms with Crippen LogP contribution in [0.25, 0.3) is 0 Å². The smallest absolute Gasteiger partial charge is 0.260 e. The number of nitrogens with zero attached hydrogens (tertiary/aromatic N) is 4. The summed E-state index contributed by atoms with van der Waals surface area (Å²) in [6.45, 7) is 4.98. The zero-order chi connectivity index (χ0) is 16.9. The Hall–Kier alpha value is -1.45. The Morgan fingerprint density at radius 3 is 2.57 bits per heavy atom. The van der Waals surface area contributed by atoms with Crippen molar-refractivity contribution < 1.29 is 13.2 Å². The molecule has 0 saturated carbocycles. The lowest BCUT2D eigenvalue weighted by molar-refractivity contribution is -0.122. The van der Waals surface area contributed by atoms with Crippen LogP contribution in [0.5, 0.6) is 0 Å². The van der Waals surface area contributed by atoms with Gasteiger partial charge < -0.3 is 5.32 Å². The monoisotopic (exact) mass is 343 g/mol. The molecule has 23 heavy (non-hydrogen) atoms. The van der Waals surface area contributed by atoms with Gasteiger partial charge in [0, 0.05) is 39.8 Å². The van der Waals surface area contributed by atoms with Gasteiger partial charge >= 0.3 is 0 Å². The fourth-order valence-electron chi connectivity index (χ4n) is 2.54. The van der Waals surface area contributed by atoms with Gasteiger partial charge in [-0.2, -0.15) is 9.40 Å². The van der Waals surface area contributed by atoms with E-state index in [9.17, 15) is 13.2 Å². The summed E-state index contributed by atoms with van der Waals surface area (Å²) >= 11 is 0. The van der Waals surface area contributed by atoms with Gasteiger partial charge in [0.05, 0.1) is 12.7 Å². The summed E-state index contributed by atoms with van der Waals surface area (Å²) in [5, 5.41) is 6.99. The summed E-state index contributed by atoms with van der Waals surface area (Å²) in [6.07, 6.45) is 3.50. The molecule has 1 N–H and O–H groups in total. The van der Waals surface area contributed by atoms with Crippen LogP contribution >= 0.6 is 0 Å². The highest BCUT2D eigenvalue weighted by molar-refractivity contribution is 7.89. The van der Waals surface area contributed by atoms with Crippen molar-refractivity contribution in [2.24, 2.45) is 7.05 Å². The number of amides is 1. The molecule has 1 aliphatic heterocycles. The van der Waals surface area contributed by atoms with E-state index >= 15 is 0 Å². The first kappa shape index (κ1) is 17.9. The van der Waals surface area contributed by atoms with Crippen molar-refractivity contribution in [3.63, 3.8) is 0 Å². The SMILES string of the molecule is CCCCNC(=O)CN1CCN(S(=O)(=O)c2ccnn2C)CC1. The van der Waals surface area contributed by atoms with Gasteiger partial charge in [0.15, 0.2) is 5.03 Å². The number of nitrogens with one attached hydrogen (secondary N) is 1. The fraction of sp³-hybridized carbons (Fsp3) is 0.714. The van der Waals surface area contributed by atoms with Crippen molar-refractivity contribution in [3.05, 3.63) is 12.3 Å². The Morgan fingerprint density at radius 2 is 2.00 bits per heavy atom. The summed E-state index contributed by atoms with van der Waals surface area (Å²) in [5.74, 6) is 0.00129. The Bertz CT molecular complexity index is 620. The van der Waals surface area contributed by atoms with E-state index in [1.807, 2.05) is 4.90 Å². The molecule has 2 rings (SSSR count). The molecule has 1 aliphatic rings. The Morgan fingerprint density at radius 1 is 1.30 bits per heavy atom. The first-order chi connectivity index (χ1) is 10.9. The van der Waals surface area contributed by atoms with Gasteiger partial charge in [-0.15, -0.1) is 0 Å². The van der Waals surface area contributed by atoms with E-state index in [1.165, 1.54) is 21.3 Å². The van der Waals surface area contributed by atoms with Crippen LogP contribution in [0.1, 0.15) is 19.8 Å². The topological polar surface area (TPSA) is 87.5 Å². The molecule has 9 heteroatoms. The van der Waals surface area contributed by atoms with Gasteiger partial charge in [0.2, 0.25) is 5.91 Å². The number of hydrogen-bond donors (Lipinski definition) is 1. The van der Waals surface area contributed by atoms with Crippen molar-refractivity contribution in [2.75, 3.05) is 39.3 Å². The van der Waals surface area contributed by atoms with Crippen LogP contribution in [0.4, 0.5) is 0 Å². The second kappa shape index (κ2) is 7.89. The van der Waals surface area contributed by atoms with Gasteiger partial charge in [0.1, 0.15) is 0 Å². The number of sulfonamides is 1. The molecular formula is C14H25N5O3S. The van der Waals surface area contributed by atoms with Gasteiger partial charge in [-0.1, -0.05) is 13.3 Å². The molecular weight excluding hydrogens is 318 g/mol. The molecule has 0 aromatic carbocycles. The standard InChI is InChI=1S/C14H25N5O3S/c1-3-4-6-15-13(20)12-18-8-10-19(11-9-18)23(21,22)14-5-7-16-17(14)2/h5,7H,3-4,6,8-12H2,1-2H3,(H,15,20). The molecule has 0 radical (unpaired) electrons. The highest BCUT2D eigenvalue weighted by Crippen LogP contribution is 2.16. The van der Waals surface area contributed by atoms with Crippen LogP contribution in [0.3, 0.4) is 0 Å². The van der Waals surface area contributed by atoms with Crippen LogP contribution in [-0.2, 0) is 21.9 Å². The second-order valence-electron chi connectivity index (χ2n) is 5.68. The molecule has 2 heterocycles. The van der Waals surface area contributed by atoms with Gasteiger partial charge in [-0.05, 0) is 12.5 Å². The van der Waals surface area contributed by atoms with Crippen molar-refractivity contribution in [1.82, 2.24) is 24.3 Å². The van der Waals surface area contributed by atoms with Crippen LogP contribution in [-0.4, -0.2) is 72.6 Å². The number of unbranched alkanes of at least 4 members (excludes halogenated alkanes) is 1. The largest absolute Gasteiger partial charge is 0.355 e. The van der Waals surface area contributed by atoms with Gasteiger partial charge in [-0.25, -0.2) is 8.42 Å². The maximum atomic E-state index is 12.5. The van der Waals surface area contributed by atoms with E-state index in [0.717, 1.165) is 12.8 Å². The van der Waals surface area contributed by atoms with Crippen LogP contribution in [0.2, 0.25) is 0 Å². The maximum absolute atomic E-state index is 12.5. The number of hydrogen-bond acceptors (Lipinski definition) is 5. The van der Waals surface area contributed by atoms with Gasteiger partial charge in [-0.3, -0.25) is 14.4 Å². The highest BCUT2D eigenvalue weighted by atomic mass is 32.2. The first-order valence-electron chi connectivity index (χ1n) is 7.92. The molecule has 1 aromatic rings. The summed E-state index contributed by atoms with van der Waals surface area (Å²) in [5.41, 5.74) is 0. The molecule has 8 nitrogen and oxygen atoms in total. The quantitative estimate of drug-likeness (QED) is 0.683. The van der Waals surface area contributed by atoms with E-state index < -0.39 is 10.0 Å². The summed E-state index contributed by atoms with van der Waals surface area (Å²) < 4.78 is 27.9. The Kier molecular flexibility index (Phi) is 6.14. The molecule has 0 spiro atoms. The average molecular weight is 343 g/mol. The predicted molar refractivity (Wildman–Crippen MR) is 86.3 cm³/mol. The lowest BCUT2D eigenvalue weighted by Crippen LogP contribution is -2.51. The van der Waals surface area contributed by atoms with Crippen molar-refractivity contribution in [2.45, 2.75) is 24.8 Å². The Balaban J connectivity index is 1.84. The minimum Gasteiger partial charge on any atom is -0.355 e. The maximum Gasteiger partial charge on any atom is 0.260 e. The molecule has 0 bridgehead atoms. The van der Waals surface area contributed by atoms with Crippen LogP contribution < -0.4 is 5.32 Å². The summed E-state index contributed by atoms with van der Waals surface area (Å²) in [4.78, 5) is 13.8. The van der Waals surface area contributed by atoms with Crippen molar-refractivity contribution in [3.8, 4) is 0 Å². The van der Waals surface area contributed by atoms with Crippen molar-refractivity contribution in [1.29, 1.82) is 0 Å². The minimum atomic E-state index is -3.51. The molecule has 0 aliphatic carbocycles.